The average molecular weight is 496 g/mol. The highest BCUT2D eigenvalue weighted by atomic mass is 79.9. The molecule has 0 saturated carbocycles. The number of carbonyl (C=O) groups is 1. The van der Waals surface area contributed by atoms with Crippen molar-refractivity contribution in [3.63, 3.8) is 0 Å². The number of nitrogens with one attached hydrogen (secondary N) is 1. The molecule has 30 heavy (non-hydrogen) atoms. The predicted molar refractivity (Wildman–Crippen MR) is 122 cm³/mol. The van der Waals surface area contributed by atoms with Gasteiger partial charge in [-0.05, 0) is 36.4 Å². The second kappa shape index (κ2) is 9.91. The molecule has 0 radical (unpaired) electrons. The highest BCUT2D eigenvalue weighted by Crippen LogP contribution is 2.31. The smallest absolute Gasteiger partial charge is 0.255 e. The molecule has 1 heterocycles. The average Bonchev–Trinajstić information content (AvgIpc) is 2.75. The summed E-state index contributed by atoms with van der Waals surface area (Å²) in [4.78, 5) is 15.1. The summed E-state index contributed by atoms with van der Waals surface area (Å²) in [6.45, 7) is 6.87. The first kappa shape index (κ1) is 22.7. The minimum Gasteiger partial charge on any atom is -0.378 e. The van der Waals surface area contributed by atoms with Gasteiger partial charge in [0.05, 0.1) is 29.5 Å². The van der Waals surface area contributed by atoms with Crippen LogP contribution in [0.3, 0.4) is 0 Å². The first-order chi connectivity index (χ1) is 14.4. The van der Waals surface area contributed by atoms with E-state index in [0.29, 0.717) is 50.6 Å². The molecule has 0 spiro atoms. The summed E-state index contributed by atoms with van der Waals surface area (Å²) in [6, 6.07) is 12.0. The van der Waals surface area contributed by atoms with Crippen molar-refractivity contribution >= 4 is 43.2 Å². The fourth-order valence-corrected chi connectivity index (χ4v) is 5.28. The second-order valence-electron chi connectivity index (χ2n) is 6.83. The van der Waals surface area contributed by atoms with Crippen LogP contribution >= 0.6 is 15.9 Å². The van der Waals surface area contributed by atoms with Gasteiger partial charge in [-0.1, -0.05) is 35.8 Å². The number of hydrogen-bond donors (Lipinski definition) is 1. The zero-order valence-corrected chi connectivity index (χ0v) is 19.5. The number of sulfonamides is 1. The molecule has 1 amide bonds. The van der Waals surface area contributed by atoms with Gasteiger partial charge >= 0.3 is 0 Å². The van der Waals surface area contributed by atoms with Crippen LogP contribution in [0.15, 0.2) is 51.8 Å². The van der Waals surface area contributed by atoms with Crippen LogP contribution in [0.1, 0.15) is 24.2 Å². The van der Waals surface area contributed by atoms with Crippen LogP contribution in [0.2, 0.25) is 0 Å². The third kappa shape index (κ3) is 5.03. The number of nitrogens with zero attached hydrogens (tertiary/aromatic N) is 2. The van der Waals surface area contributed by atoms with Gasteiger partial charge in [0.2, 0.25) is 10.0 Å². The van der Waals surface area contributed by atoms with Crippen LogP contribution < -0.4 is 10.2 Å². The molecule has 0 aromatic heterocycles. The molecule has 1 N–H and O–H groups in total. The van der Waals surface area contributed by atoms with Gasteiger partial charge in [0.1, 0.15) is 0 Å². The van der Waals surface area contributed by atoms with Crippen molar-refractivity contribution in [2.45, 2.75) is 18.7 Å². The van der Waals surface area contributed by atoms with Gasteiger partial charge in [-0.25, -0.2) is 8.42 Å². The lowest BCUT2D eigenvalue weighted by atomic mass is 10.2. The van der Waals surface area contributed by atoms with E-state index in [9.17, 15) is 13.2 Å². The maximum Gasteiger partial charge on any atom is 0.255 e. The number of ether oxygens (including phenoxy) is 1. The molecule has 0 unspecified atom stereocenters. The molecule has 1 saturated heterocycles. The van der Waals surface area contributed by atoms with E-state index in [4.69, 9.17) is 4.74 Å². The van der Waals surface area contributed by atoms with Crippen LogP contribution in [0.5, 0.6) is 0 Å². The Hall–Kier alpha value is -1.94. The third-order valence-corrected chi connectivity index (χ3v) is 7.54. The van der Waals surface area contributed by atoms with Gasteiger partial charge in [0.25, 0.3) is 5.91 Å². The molecule has 162 valence electrons. The van der Waals surface area contributed by atoms with Gasteiger partial charge in [-0.3, -0.25) is 4.79 Å². The molecule has 7 nitrogen and oxygen atoms in total. The van der Waals surface area contributed by atoms with E-state index in [1.54, 1.807) is 50.2 Å². The van der Waals surface area contributed by atoms with Crippen LogP contribution in [0, 0.1) is 0 Å². The molecule has 1 fully saturated rings. The fourth-order valence-electron chi connectivity index (χ4n) is 3.39. The van der Waals surface area contributed by atoms with Gasteiger partial charge in [0.15, 0.2) is 0 Å². The predicted octanol–water partition coefficient (Wildman–Crippen LogP) is 3.57. The van der Waals surface area contributed by atoms with E-state index in [2.05, 4.69) is 26.1 Å². The van der Waals surface area contributed by atoms with E-state index >= 15 is 0 Å². The topological polar surface area (TPSA) is 79.0 Å². The van der Waals surface area contributed by atoms with Crippen LogP contribution in [-0.2, 0) is 14.8 Å². The number of morpholine rings is 1. The Labute approximate surface area is 186 Å². The Kier molecular flexibility index (Phi) is 7.51. The summed E-state index contributed by atoms with van der Waals surface area (Å²) in [5.41, 5.74) is 1.73. The summed E-state index contributed by atoms with van der Waals surface area (Å²) < 4.78 is 33.6. The lowest BCUT2D eigenvalue weighted by molar-refractivity contribution is 0.102. The number of carbonyl (C=O) groups excluding carboxylic acids is 1. The highest BCUT2D eigenvalue weighted by Gasteiger charge is 2.25. The minimum atomic E-state index is -3.65. The number of rotatable bonds is 7. The van der Waals surface area contributed by atoms with Gasteiger partial charge < -0.3 is 15.0 Å². The Morgan fingerprint density at radius 2 is 1.83 bits per heavy atom. The largest absolute Gasteiger partial charge is 0.378 e. The first-order valence-electron chi connectivity index (χ1n) is 9.90. The van der Waals surface area contributed by atoms with E-state index in [1.165, 1.54) is 4.31 Å². The zero-order valence-electron chi connectivity index (χ0n) is 17.1. The van der Waals surface area contributed by atoms with Crippen molar-refractivity contribution in [1.82, 2.24) is 4.31 Å². The Morgan fingerprint density at radius 3 is 2.47 bits per heavy atom. The molecule has 0 atom stereocenters. The van der Waals surface area contributed by atoms with Crippen LogP contribution in [-0.4, -0.2) is 58.0 Å². The van der Waals surface area contributed by atoms with Crippen molar-refractivity contribution in [1.29, 1.82) is 0 Å². The van der Waals surface area contributed by atoms with E-state index in [-0.39, 0.29) is 10.8 Å². The molecule has 2 aromatic carbocycles. The SMILES string of the molecule is CCN(CC)S(=O)(=O)c1ccc(N2CCOCC2)c(NC(=O)c2cccc(Br)c2)c1. The maximum atomic E-state index is 13.0. The second-order valence-corrected chi connectivity index (χ2v) is 9.69. The third-order valence-electron chi connectivity index (χ3n) is 5.00. The first-order valence-corrected chi connectivity index (χ1v) is 12.1. The van der Waals surface area contributed by atoms with Crippen molar-refractivity contribution in [2.24, 2.45) is 0 Å². The summed E-state index contributed by atoms with van der Waals surface area (Å²) in [7, 11) is -3.65. The van der Waals surface area contributed by atoms with Crippen LogP contribution in [0.4, 0.5) is 11.4 Å². The molecule has 1 aliphatic rings. The summed E-state index contributed by atoms with van der Waals surface area (Å²) in [5.74, 6) is -0.303. The number of amides is 1. The molecule has 0 bridgehead atoms. The summed E-state index contributed by atoms with van der Waals surface area (Å²) in [6.07, 6.45) is 0. The molecular formula is C21H26BrN3O4S. The Bertz CT molecular complexity index is 1000. The lowest BCUT2D eigenvalue weighted by Crippen LogP contribution is -2.37. The molecule has 3 rings (SSSR count). The monoisotopic (exact) mass is 495 g/mol. The highest BCUT2D eigenvalue weighted by molar-refractivity contribution is 9.10. The standard InChI is InChI=1S/C21H26BrN3O4S/c1-3-25(4-2)30(27,28)18-8-9-20(24-10-12-29-13-11-24)19(15-18)23-21(26)16-6-5-7-17(22)14-16/h5-9,14-15H,3-4,10-13H2,1-2H3,(H,23,26). The quantitative estimate of drug-likeness (QED) is 0.634. The number of hydrogen-bond acceptors (Lipinski definition) is 5. The fraction of sp³-hybridized carbons (Fsp3) is 0.381. The normalized spacial score (nSPS) is 14.7. The van der Waals surface area contributed by atoms with Crippen molar-refractivity contribution in [2.75, 3.05) is 49.6 Å². The summed E-state index contributed by atoms with van der Waals surface area (Å²) >= 11 is 3.38. The van der Waals surface area contributed by atoms with Crippen molar-refractivity contribution in [3.05, 3.63) is 52.5 Å². The van der Waals surface area contributed by atoms with Crippen molar-refractivity contribution < 1.29 is 17.9 Å². The zero-order chi connectivity index (χ0) is 21.7. The van der Waals surface area contributed by atoms with Crippen molar-refractivity contribution in [3.8, 4) is 0 Å². The Morgan fingerprint density at radius 1 is 1.13 bits per heavy atom. The Balaban J connectivity index is 2.01. The van der Waals surface area contributed by atoms with Gasteiger partial charge in [-0.15, -0.1) is 0 Å². The maximum absolute atomic E-state index is 13.0. The van der Waals surface area contributed by atoms with Crippen LogP contribution in [0.25, 0.3) is 0 Å². The van der Waals surface area contributed by atoms with Gasteiger partial charge in [-0.2, -0.15) is 4.31 Å². The molecule has 0 aliphatic carbocycles. The summed E-state index contributed by atoms with van der Waals surface area (Å²) in [5, 5.41) is 2.91. The molecule has 9 heteroatoms. The number of anilines is 2. The lowest BCUT2D eigenvalue weighted by Gasteiger charge is -2.31. The number of halogens is 1. The minimum absolute atomic E-state index is 0.160. The van der Waals surface area contributed by atoms with E-state index in [1.807, 2.05) is 6.07 Å². The molecule has 1 aliphatic heterocycles. The molecule has 2 aromatic rings. The van der Waals surface area contributed by atoms with E-state index in [0.717, 1.165) is 10.2 Å². The molecular weight excluding hydrogens is 470 g/mol. The van der Waals surface area contributed by atoms with E-state index < -0.39 is 10.0 Å². The van der Waals surface area contributed by atoms with Gasteiger partial charge in [0, 0.05) is 36.2 Å². The number of benzene rings is 2.